The molecule has 0 aliphatic heterocycles. The van der Waals surface area contributed by atoms with Crippen LogP contribution in [0.25, 0.3) is 11.0 Å². The van der Waals surface area contributed by atoms with Gasteiger partial charge in [0.2, 0.25) is 0 Å². The molecule has 0 radical (unpaired) electrons. The van der Waals surface area contributed by atoms with E-state index >= 15 is 0 Å². The number of H-pyrrole nitrogens is 1. The summed E-state index contributed by atoms with van der Waals surface area (Å²) in [5.41, 5.74) is 0.202. The van der Waals surface area contributed by atoms with Gasteiger partial charge in [-0.05, 0) is 6.92 Å². The molecule has 2 rings (SSSR count). The lowest BCUT2D eigenvalue weighted by molar-refractivity contribution is -0.103. The smallest absolute Gasteiger partial charge is 0.161 e. The number of nitrogens with zero attached hydrogens (tertiary/aromatic N) is 1. The second-order valence-electron chi connectivity index (χ2n) is 4.57. The summed E-state index contributed by atoms with van der Waals surface area (Å²) in [5, 5.41) is 38.1. The van der Waals surface area contributed by atoms with Crippen LogP contribution < -0.4 is 0 Å². The molecule has 6 nitrogen and oxygen atoms in total. The minimum absolute atomic E-state index is 0.0664. The molecule has 0 spiro atoms. The van der Waals surface area contributed by atoms with E-state index in [0.717, 1.165) is 12.1 Å². The van der Waals surface area contributed by atoms with Gasteiger partial charge in [-0.3, -0.25) is 0 Å². The first-order valence-corrected chi connectivity index (χ1v) is 5.88. The predicted octanol–water partition coefficient (Wildman–Crippen LogP) is -0.0229. The highest BCUT2D eigenvalue weighted by Gasteiger charge is 2.31. The number of aliphatic hydroxyl groups is 4. The van der Waals surface area contributed by atoms with Crippen molar-refractivity contribution in [2.75, 3.05) is 0 Å². The van der Waals surface area contributed by atoms with Crippen molar-refractivity contribution in [1.82, 2.24) is 9.97 Å². The third-order valence-corrected chi connectivity index (χ3v) is 2.99. The summed E-state index contributed by atoms with van der Waals surface area (Å²) >= 11 is 0. The van der Waals surface area contributed by atoms with E-state index in [4.69, 9.17) is 5.11 Å². The second-order valence-corrected chi connectivity index (χ2v) is 4.57. The maximum Gasteiger partial charge on any atom is 0.161 e. The standard InChI is InChI=1S/C12H14F2N2O4/c1-4(17)9(18)10(19)11(20)12-15-7-2-5(13)6(14)3-8(7)16-12/h2-4,9-11,17-20H,1H3,(H,15,16)/t4?,9-,10?,11?/m0/s1. The van der Waals surface area contributed by atoms with Gasteiger partial charge in [0.15, 0.2) is 11.6 Å². The first-order chi connectivity index (χ1) is 9.31. The van der Waals surface area contributed by atoms with Crippen molar-refractivity contribution in [3.8, 4) is 0 Å². The molecule has 4 atom stereocenters. The SMILES string of the molecule is CC(O)[C@H](O)C(O)C(O)c1nc2cc(F)c(F)cc2[nH]1. The summed E-state index contributed by atoms with van der Waals surface area (Å²) < 4.78 is 26.1. The molecule has 8 heteroatoms. The molecule has 2 aromatic rings. The van der Waals surface area contributed by atoms with Gasteiger partial charge in [0.1, 0.15) is 24.1 Å². The molecule has 0 fully saturated rings. The number of aliphatic hydroxyl groups excluding tert-OH is 4. The number of aromatic amines is 1. The molecule has 0 aliphatic carbocycles. The summed E-state index contributed by atoms with van der Waals surface area (Å²) in [6.07, 6.45) is -6.20. The number of hydrogen-bond acceptors (Lipinski definition) is 5. The minimum atomic E-state index is -1.70. The van der Waals surface area contributed by atoms with Crippen molar-refractivity contribution in [3.63, 3.8) is 0 Å². The van der Waals surface area contributed by atoms with Gasteiger partial charge in [0.25, 0.3) is 0 Å². The Labute approximate surface area is 112 Å². The number of benzene rings is 1. The Balaban J connectivity index is 2.33. The molecule has 0 aliphatic rings. The fourth-order valence-corrected chi connectivity index (χ4v) is 1.80. The number of hydrogen-bond donors (Lipinski definition) is 5. The number of nitrogens with one attached hydrogen (secondary N) is 1. The summed E-state index contributed by atoms with van der Waals surface area (Å²) in [6.45, 7) is 1.24. The molecule has 1 aromatic heterocycles. The maximum atomic E-state index is 13.0. The molecule has 0 saturated carbocycles. The number of aromatic nitrogens is 2. The van der Waals surface area contributed by atoms with Crippen LogP contribution in [-0.2, 0) is 0 Å². The summed E-state index contributed by atoms with van der Waals surface area (Å²) in [5.74, 6) is -2.33. The fraction of sp³-hybridized carbons (Fsp3) is 0.417. The van der Waals surface area contributed by atoms with Crippen LogP contribution in [0, 0.1) is 11.6 Å². The van der Waals surface area contributed by atoms with E-state index < -0.39 is 36.1 Å². The topological polar surface area (TPSA) is 110 Å². The predicted molar refractivity (Wildman–Crippen MR) is 64.7 cm³/mol. The lowest BCUT2D eigenvalue weighted by Gasteiger charge is -2.23. The van der Waals surface area contributed by atoms with Gasteiger partial charge >= 0.3 is 0 Å². The Morgan fingerprint density at radius 3 is 2.25 bits per heavy atom. The van der Waals surface area contributed by atoms with E-state index in [1.54, 1.807) is 0 Å². The third-order valence-electron chi connectivity index (χ3n) is 2.99. The van der Waals surface area contributed by atoms with Gasteiger partial charge in [-0.15, -0.1) is 0 Å². The highest BCUT2D eigenvalue weighted by Crippen LogP contribution is 2.22. The Hall–Kier alpha value is -1.61. The van der Waals surface area contributed by atoms with Crippen LogP contribution in [0.5, 0.6) is 0 Å². The van der Waals surface area contributed by atoms with Crippen LogP contribution in [0.2, 0.25) is 0 Å². The first kappa shape index (κ1) is 14.8. The molecule has 0 saturated heterocycles. The van der Waals surface area contributed by atoms with Crippen molar-refractivity contribution >= 4 is 11.0 Å². The van der Waals surface area contributed by atoms with E-state index in [2.05, 4.69) is 9.97 Å². The quantitative estimate of drug-likeness (QED) is 0.543. The fourth-order valence-electron chi connectivity index (χ4n) is 1.80. The van der Waals surface area contributed by atoms with Gasteiger partial charge in [-0.2, -0.15) is 0 Å². The van der Waals surface area contributed by atoms with Crippen LogP contribution in [0.3, 0.4) is 0 Å². The monoisotopic (exact) mass is 288 g/mol. The number of fused-ring (bicyclic) bond motifs is 1. The minimum Gasteiger partial charge on any atom is -0.391 e. The lowest BCUT2D eigenvalue weighted by atomic mass is 10.0. The molecule has 110 valence electrons. The van der Waals surface area contributed by atoms with Gasteiger partial charge in [0, 0.05) is 12.1 Å². The van der Waals surface area contributed by atoms with Crippen molar-refractivity contribution in [2.45, 2.75) is 31.3 Å². The molecule has 3 unspecified atom stereocenters. The van der Waals surface area contributed by atoms with Crippen LogP contribution in [-0.4, -0.2) is 48.7 Å². The maximum absolute atomic E-state index is 13.0. The molecular weight excluding hydrogens is 274 g/mol. The zero-order chi connectivity index (χ0) is 15.0. The van der Waals surface area contributed by atoms with Crippen LogP contribution in [0.15, 0.2) is 12.1 Å². The average Bonchev–Trinajstić information content (AvgIpc) is 2.79. The number of halogens is 2. The zero-order valence-corrected chi connectivity index (χ0v) is 10.5. The molecule has 1 heterocycles. The van der Waals surface area contributed by atoms with Gasteiger partial charge in [0.05, 0.1) is 17.1 Å². The van der Waals surface area contributed by atoms with Crippen molar-refractivity contribution in [1.29, 1.82) is 0 Å². The summed E-state index contributed by atoms with van der Waals surface area (Å²) in [4.78, 5) is 6.33. The summed E-state index contributed by atoms with van der Waals surface area (Å²) in [7, 11) is 0. The van der Waals surface area contributed by atoms with E-state index in [1.165, 1.54) is 6.92 Å². The zero-order valence-electron chi connectivity index (χ0n) is 10.5. The van der Waals surface area contributed by atoms with Gasteiger partial charge in [-0.1, -0.05) is 0 Å². The first-order valence-electron chi connectivity index (χ1n) is 5.88. The van der Waals surface area contributed by atoms with Crippen LogP contribution >= 0.6 is 0 Å². The highest BCUT2D eigenvalue weighted by molar-refractivity contribution is 5.75. The molecule has 0 amide bonds. The molecular formula is C12H14F2N2O4. The van der Waals surface area contributed by atoms with E-state index in [0.29, 0.717) is 0 Å². The Kier molecular flexibility index (Phi) is 4.00. The Morgan fingerprint density at radius 1 is 1.05 bits per heavy atom. The number of imidazole rings is 1. The normalized spacial score (nSPS) is 17.9. The van der Waals surface area contributed by atoms with Crippen molar-refractivity contribution in [3.05, 3.63) is 29.6 Å². The van der Waals surface area contributed by atoms with Crippen LogP contribution in [0.1, 0.15) is 18.9 Å². The van der Waals surface area contributed by atoms with E-state index in [1.807, 2.05) is 0 Å². The van der Waals surface area contributed by atoms with Crippen molar-refractivity contribution < 1.29 is 29.2 Å². The Morgan fingerprint density at radius 2 is 1.65 bits per heavy atom. The largest absolute Gasteiger partial charge is 0.391 e. The van der Waals surface area contributed by atoms with Crippen molar-refractivity contribution in [2.24, 2.45) is 0 Å². The number of rotatable bonds is 4. The highest BCUT2D eigenvalue weighted by atomic mass is 19.2. The third kappa shape index (κ3) is 2.63. The molecule has 5 N–H and O–H groups in total. The molecule has 1 aromatic carbocycles. The van der Waals surface area contributed by atoms with E-state index in [9.17, 15) is 24.1 Å². The summed E-state index contributed by atoms with van der Waals surface area (Å²) in [6, 6.07) is 1.71. The van der Waals surface area contributed by atoms with Gasteiger partial charge in [-0.25, -0.2) is 13.8 Å². The lowest BCUT2D eigenvalue weighted by Crippen LogP contribution is -2.39. The molecule has 20 heavy (non-hydrogen) atoms. The average molecular weight is 288 g/mol. The van der Waals surface area contributed by atoms with Crippen LogP contribution in [0.4, 0.5) is 8.78 Å². The Bertz CT molecular complexity index is 578. The second kappa shape index (κ2) is 5.41. The molecule has 0 bridgehead atoms. The van der Waals surface area contributed by atoms with Gasteiger partial charge < -0.3 is 25.4 Å². The van der Waals surface area contributed by atoms with E-state index in [-0.39, 0.29) is 16.9 Å².